The average Bonchev–Trinajstić information content (AvgIpc) is 3.36. The number of carbonyl (C=O) groups excluding carboxylic acids is 2. The van der Waals surface area contributed by atoms with Crippen LogP contribution < -0.4 is 10.8 Å². The predicted molar refractivity (Wildman–Crippen MR) is 137 cm³/mol. The number of anilines is 1. The number of rotatable bonds is 8. The zero-order valence-corrected chi connectivity index (χ0v) is 21.9. The summed E-state index contributed by atoms with van der Waals surface area (Å²) in [6, 6.07) is 10.9. The van der Waals surface area contributed by atoms with Crippen molar-refractivity contribution in [3.63, 3.8) is 0 Å². The van der Waals surface area contributed by atoms with Gasteiger partial charge in [-0.25, -0.2) is 23.5 Å². The van der Waals surface area contributed by atoms with Gasteiger partial charge in [0.05, 0.1) is 18.8 Å². The van der Waals surface area contributed by atoms with Crippen LogP contribution in [0.2, 0.25) is 0 Å². The molecule has 2 aromatic rings. The average molecular weight is 537 g/mol. The molecule has 2 fully saturated rings. The summed E-state index contributed by atoms with van der Waals surface area (Å²) in [5, 5.41) is 2.68. The number of amides is 2. The highest BCUT2D eigenvalue weighted by molar-refractivity contribution is 7.92. The van der Waals surface area contributed by atoms with E-state index < -0.39 is 32.9 Å². The highest BCUT2D eigenvalue weighted by Gasteiger charge is 2.49. The molecule has 2 atom stereocenters. The van der Waals surface area contributed by atoms with Crippen molar-refractivity contribution in [2.75, 3.05) is 24.3 Å². The molecule has 0 bridgehead atoms. The quantitative estimate of drug-likeness (QED) is 0.468. The smallest absolute Gasteiger partial charge is 0.411 e. The van der Waals surface area contributed by atoms with Gasteiger partial charge in [0, 0.05) is 28.5 Å². The van der Waals surface area contributed by atoms with E-state index in [1.54, 1.807) is 25.1 Å². The lowest BCUT2D eigenvalue weighted by Gasteiger charge is -2.35. The number of sulfone groups is 1. The molecule has 11 heteroatoms. The summed E-state index contributed by atoms with van der Waals surface area (Å²) in [5.74, 6) is -0.441. The van der Waals surface area contributed by atoms with E-state index in [1.165, 1.54) is 11.3 Å². The van der Waals surface area contributed by atoms with E-state index in [1.807, 2.05) is 18.2 Å². The molecule has 2 aliphatic rings. The van der Waals surface area contributed by atoms with Crippen LogP contribution in [-0.2, 0) is 33.7 Å². The van der Waals surface area contributed by atoms with Crippen LogP contribution in [0.1, 0.15) is 56.7 Å². The molecule has 4 rings (SSSR count). The lowest BCUT2D eigenvalue weighted by Crippen LogP contribution is -2.45. The van der Waals surface area contributed by atoms with Crippen LogP contribution in [0, 0.1) is 0 Å². The highest BCUT2D eigenvalue weighted by atomic mass is 32.2. The van der Waals surface area contributed by atoms with Crippen LogP contribution in [0.5, 0.6) is 0 Å². The molecule has 1 unspecified atom stereocenters. The maximum Gasteiger partial charge on any atom is 0.411 e. The summed E-state index contributed by atoms with van der Waals surface area (Å²) < 4.78 is 36.0. The fourth-order valence-corrected chi connectivity index (χ4v) is 8.40. The number of carbonyl (C=O) groups is 2. The number of ether oxygens (including phenoxy) is 2. The van der Waals surface area contributed by atoms with Crippen molar-refractivity contribution in [2.24, 2.45) is 0 Å². The minimum atomic E-state index is -3.59. The van der Waals surface area contributed by atoms with Gasteiger partial charge in [-0.15, -0.1) is 11.3 Å². The Morgan fingerprint density at radius 1 is 1.17 bits per heavy atom. The minimum absolute atomic E-state index is 0.0407. The first-order chi connectivity index (χ1) is 17.3. The van der Waals surface area contributed by atoms with E-state index in [9.17, 15) is 18.0 Å². The van der Waals surface area contributed by atoms with Crippen molar-refractivity contribution in [3.8, 4) is 10.4 Å². The summed E-state index contributed by atoms with van der Waals surface area (Å²) in [4.78, 5) is 31.6. The van der Waals surface area contributed by atoms with E-state index in [4.69, 9.17) is 14.3 Å². The largest absolute Gasteiger partial charge is 0.450 e. The monoisotopic (exact) mass is 536 g/mol. The van der Waals surface area contributed by atoms with Gasteiger partial charge < -0.3 is 9.47 Å². The molecule has 196 valence electrons. The third-order valence-electron chi connectivity index (χ3n) is 6.45. The normalized spacial score (nSPS) is 23.5. The molecule has 36 heavy (non-hydrogen) atoms. The first kappa shape index (κ1) is 26.6. The number of hydrogen-bond donors (Lipinski definition) is 2. The van der Waals surface area contributed by atoms with Crippen molar-refractivity contribution in [1.29, 1.82) is 0 Å². The lowest BCUT2D eigenvalue weighted by molar-refractivity contribution is -0.200. The van der Waals surface area contributed by atoms with Crippen molar-refractivity contribution >= 4 is 38.9 Å². The van der Waals surface area contributed by atoms with E-state index in [0.29, 0.717) is 42.9 Å². The summed E-state index contributed by atoms with van der Waals surface area (Å²) >= 11 is 1.35. The van der Waals surface area contributed by atoms with Gasteiger partial charge >= 0.3 is 6.09 Å². The Morgan fingerprint density at radius 3 is 2.78 bits per heavy atom. The van der Waals surface area contributed by atoms with Gasteiger partial charge in [-0.05, 0) is 62.4 Å². The molecular formula is C25H32N2O7S2. The van der Waals surface area contributed by atoms with Crippen molar-refractivity contribution in [1.82, 2.24) is 5.48 Å². The Morgan fingerprint density at radius 2 is 2.03 bits per heavy atom. The Labute approximate surface area is 215 Å². The number of thiophene rings is 1. The molecule has 9 nitrogen and oxygen atoms in total. The van der Waals surface area contributed by atoms with Crippen LogP contribution in [0.25, 0.3) is 10.4 Å². The standard InChI is InChI=1S/C25H32N2O7S2/c1-2-32-24(29)26-19-9-7-8-18(16-19)20-11-12-21(35-20)25(13-4-6-15-36(25,30)31)17-22(28)27-34-23-10-3-5-14-33-23/h7-9,11-12,16,23H,2-6,10,13-15,17H2,1H3,(H,26,29)(H,27,28)/t23?,25-/m0/s1. The van der Waals surface area contributed by atoms with E-state index >= 15 is 0 Å². The molecule has 0 spiro atoms. The van der Waals surface area contributed by atoms with Crippen LogP contribution in [0.3, 0.4) is 0 Å². The van der Waals surface area contributed by atoms with E-state index in [2.05, 4.69) is 10.8 Å². The maximum absolute atomic E-state index is 13.4. The zero-order chi connectivity index (χ0) is 25.6. The fourth-order valence-electron chi connectivity index (χ4n) is 4.62. The molecule has 2 amide bonds. The molecule has 2 aliphatic heterocycles. The second-order valence-electron chi connectivity index (χ2n) is 8.98. The third-order valence-corrected chi connectivity index (χ3v) is 10.5. The molecule has 0 aliphatic carbocycles. The molecule has 3 heterocycles. The second kappa shape index (κ2) is 11.7. The van der Waals surface area contributed by atoms with Crippen LogP contribution in [0.15, 0.2) is 36.4 Å². The van der Waals surface area contributed by atoms with Crippen molar-refractivity contribution in [2.45, 2.75) is 62.9 Å². The molecule has 0 saturated carbocycles. The summed E-state index contributed by atoms with van der Waals surface area (Å²) in [6.07, 6.45) is 2.99. The van der Waals surface area contributed by atoms with E-state index in [-0.39, 0.29) is 18.8 Å². The fraction of sp³-hybridized carbons (Fsp3) is 0.520. The van der Waals surface area contributed by atoms with Gasteiger partial charge in [-0.2, -0.15) is 0 Å². The lowest BCUT2D eigenvalue weighted by atomic mass is 9.94. The molecule has 0 radical (unpaired) electrons. The number of benzene rings is 1. The predicted octanol–water partition coefficient (Wildman–Crippen LogP) is 4.74. The maximum atomic E-state index is 13.4. The van der Waals surface area contributed by atoms with Crippen LogP contribution >= 0.6 is 11.3 Å². The second-order valence-corrected chi connectivity index (χ2v) is 12.5. The molecule has 2 N–H and O–H groups in total. The van der Waals surface area contributed by atoms with Gasteiger partial charge in [0.25, 0.3) is 0 Å². The SMILES string of the molecule is CCOC(=O)Nc1cccc(-c2ccc([C@@]3(CC(=O)NOC4CCCCO4)CCCCS3(=O)=O)s2)c1. The van der Waals surface area contributed by atoms with E-state index in [0.717, 1.165) is 23.3 Å². The summed E-state index contributed by atoms with van der Waals surface area (Å²) in [5.41, 5.74) is 3.83. The highest BCUT2D eigenvalue weighted by Crippen LogP contribution is 2.47. The molecule has 2 saturated heterocycles. The first-order valence-corrected chi connectivity index (χ1v) is 14.7. The van der Waals surface area contributed by atoms with Gasteiger partial charge in [0.1, 0.15) is 4.75 Å². The summed E-state index contributed by atoms with van der Waals surface area (Å²) in [7, 11) is -3.59. The Bertz CT molecular complexity index is 1170. The molecular weight excluding hydrogens is 504 g/mol. The number of nitrogens with one attached hydrogen (secondary N) is 2. The van der Waals surface area contributed by atoms with Gasteiger partial charge in [-0.1, -0.05) is 18.6 Å². The van der Waals surface area contributed by atoms with Crippen LogP contribution in [0.4, 0.5) is 10.5 Å². The van der Waals surface area contributed by atoms with Crippen LogP contribution in [-0.4, -0.2) is 45.7 Å². The topological polar surface area (TPSA) is 120 Å². The molecule has 1 aromatic carbocycles. The number of hydrogen-bond acceptors (Lipinski definition) is 8. The Hall–Kier alpha value is -2.47. The molecule has 1 aromatic heterocycles. The van der Waals surface area contributed by atoms with Crippen molar-refractivity contribution in [3.05, 3.63) is 41.3 Å². The summed E-state index contributed by atoms with van der Waals surface area (Å²) in [6.45, 7) is 2.57. The number of hydroxylamine groups is 1. The minimum Gasteiger partial charge on any atom is -0.450 e. The third kappa shape index (κ3) is 6.08. The Balaban J connectivity index is 1.55. The first-order valence-electron chi connectivity index (χ1n) is 12.3. The zero-order valence-electron chi connectivity index (χ0n) is 20.3. The van der Waals surface area contributed by atoms with Gasteiger partial charge in [0.2, 0.25) is 5.91 Å². The van der Waals surface area contributed by atoms with Gasteiger partial charge in [0.15, 0.2) is 16.1 Å². The van der Waals surface area contributed by atoms with Gasteiger partial charge in [-0.3, -0.25) is 10.1 Å². The van der Waals surface area contributed by atoms with Crippen molar-refractivity contribution < 1.29 is 32.3 Å². The Kier molecular flexibility index (Phi) is 8.66.